The van der Waals surface area contributed by atoms with Gasteiger partial charge in [-0.05, 0) is 35.9 Å². The fraction of sp³-hybridized carbons (Fsp3) is 0.143. The second-order valence-electron chi connectivity index (χ2n) is 4.30. The van der Waals surface area contributed by atoms with Crippen molar-refractivity contribution in [2.24, 2.45) is 0 Å². The SMILES string of the molecule is O=C(NCC(O)c1cc(Cl)cc(Cl)c1)Nc1cccnc1. The normalized spacial score (nSPS) is 11.8. The number of nitrogens with zero attached hydrogens (tertiary/aromatic N) is 1. The number of halogens is 2. The lowest BCUT2D eigenvalue weighted by Gasteiger charge is -2.13. The molecule has 110 valence electrons. The number of amides is 2. The Labute approximate surface area is 131 Å². The van der Waals surface area contributed by atoms with E-state index in [-0.39, 0.29) is 6.54 Å². The van der Waals surface area contributed by atoms with Crippen LogP contribution in [0.2, 0.25) is 10.0 Å². The number of carbonyl (C=O) groups excluding carboxylic acids is 1. The highest BCUT2D eigenvalue weighted by Gasteiger charge is 2.11. The summed E-state index contributed by atoms with van der Waals surface area (Å²) in [6.07, 6.45) is 2.23. The molecule has 1 heterocycles. The molecule has 0 aliphatic heterocycles. The van der Waals surface area contributed by atoms with Crippen LogP contribution in [0.4, 0.5) is 10.5 Å². The fourth-order valence-corrected chi connectivity index (χ4v) is 2.23. The molecule has 0 aliphatic carbocycles. The summed E-state index contributed by atoms with van der Waals surface area (Å²) in [5.74, 6) is 0. The molecule has 21 heavy (non-hydrogen) atoms. The first-order valence-electron chi connectivity index (χ1n) is 6.13. The van der Waals surface area contributed by atoms with Gasteiger partial charge in [-0.1, -0.05) is 23.2 Å². The van der Waals surface area contributed by atoms with Gasteiger partial charge >= 0.3 is 6.03 Å². The van der Waals surface area contributed by atoms with E-state index in [1.807, 2.05) is 0 Å². The summed E-state index contributed by atoms with van der Waals surface area (Å²) < 4.78 is 0. The van der Waals surface area contributed by atoms with E-state index in [9.17, 15) is 9.90 Å². The van der Waals surface area contributed by atoms with Crippen molar-refractivity contribution in [1.29, 1.82) is 0 Å². The van der Waals surface area contributed by atoms with E-state index in [1.165, 1.54) is 6.20 Å². The van der Waals surface area contributed by atoms with Gasteiger partial charge in [-0.25, -0.2) is 4.79 Å². The van der Waals surface area contributed by atoms with Crippen molar-refractivity contribution in [2.45, 2.75) is 6.10 Å². The fourth-order valence-electron chi connectivity index (χ4n) is 1.69. The third-order valence-corrected chi connectivity index (χ3v) is 3.08. The zero-order chi connectivity index (χ0) is 15.2. The summed E-state index contributed by atoms with van der Waals surface area (Å²) in [5.41, 5.74) is 1.10. The molecule has 0 bridgehead atoms. The number of hydrogen-bond donors (Lipinski definition) is 3. The lowest BCUT2D eigenvalue weighted by atomic mass is 10.1. The highest BCUT2D eigenvalue weighted by atomic mass is 35.5. The molecular weight excluding hydrogens is 313 g/mol. The van der Waals surface area contributed by atoms with Crippen LogP contribution in [-0.2, 0) is 0 Å². The second-order valence-corrected chi connectivity index (χ2v) is 5.17. The molecule has 0 spiro atoms. The topological polar surface area (TPSA) is 74.2 Å². The molecule has 2 amide bonds. The Kier molecular flexibility index (Phi) is 5.38. The van der Waals surface area contributed by atoms with Crippen LogP contribution >= 0.6 is 23.2 Å². The van der Waals surface area contributed by atoms with E-state index in [2.05, 4.69) is 15.6 Å². The number of aromatic nitrogens is 1. The van der Waals surface area contributed by atoms with Gasteiger partial charge in [0.15, 0.2) is 0 Å². The largest absolute Gasteiger partial charge is 0.387 e. The van der Waals surface area contributed by atoms with Crippen molar-refractivity contribution in [3.8, 4) is 0 Å². The molecule has 7 heteroatoms. The third kappa shape index (κ3) is 4.90. The number of pyridine rings is 1. The molecule has 0 saturated carbocycles. The van der Waals surface area contributed by atoms with Crippen LogP contribution in [0.15, 0.2) is 42.7 Å². The lowest BCUT2D eigenvalue weighted by Crippen LogP contribution is -2.32. The quantitative estimate of drug-likeness (QED) is 0.807. The number of benzene rings is 1. The van der Waals surface area contributed by atoms with Gasteiger partial charge in [0.05, 0.1) is 18.0 Å². The highest BCUT2D eigenvalue weighted by molar-refractivity contribution is 6.34. The maximum Gasteiger partial charge on any atom is 0.319 e. The molecule has 2 aromatic rings. The molecule has 0 fully saturated rings. The van der Waals surface area contributed by atoms with E-state index in [4.69, 9.17) is 23.2 Å². The summed E-state index contributed by atoms with van der Waals surface area (Å²) in [7, 11) is 0. The molecule has 5 nitrogen and oxygen atoms in total. The molecule has 1 atom stereocenters. The van der Waals surface area contributed by atoms with E-state index in [0.717, 1.165) is 0 Å². The van der Waals surface area contributed by atoms with Crippen molar-refractivity contribution in [3.05, 3.63) is 58.3 Å². The Hall–Kier alpha value is -1.82. The van der Waals surface area contributed by atoms with Crippen LogP contribution in [0, 0.1) is 0 Å². The van der Waals surface area contributed by atoms with Gasteiger partial charge in [0.2, 0.25) is 0 Å². The molecule has 3 N–H and O–H groups in total. The number of hydrogen-bond acceptors (Lipinski definition) is 3. The summed E-state index contributed by atoms with van der Waals surface area (Å²) >= 11 is 11.7. The van der Waals surface area contributed by atoms with Crippen LogP contribution in [0.25, 0.3) is 0 Å². The Morgan fingerprint density at radius 2 is 2.00 bits per heavy atom. The van der Waals surface area contributed by atoms with Gasteiger partial charge in [-0.3, -0.25) is 4.98 Å². The van der Waals surface area contributed by atoms with Gasteiger partial charge in [0, 0.05) is 22.8 Å². The number of nitrogens with one attached hydrogen (secondary N) is 2. The molecule has 1 aromatic heterocycles. The highest BCUT2D eigenvalue weighted by Crippen LogP contribution is 2.23. The molecule has 0 radical (unpaired) electrons. The second kappa shape index (κ2) is 7.26. The van der Waals surface area contributed by atoms with Crippen molar-refractivity contribution >= 4 is 34.9 Å². The van der Waals surface area contributed by atoms with Gasteiger partial charge < -0.3 is 15.7 Å². The first-order chi connectivity index (χ1) is 10.0. The minimum Gasteiger partial charge on any atom is -0.387 e. The molecule has 0 saturated heterocycles. The Bertz CT molecular complexity index is 603. The Balaban J connectivity index is 1.88. The molecule has 0 aliphatic rings. The maximum absolute atomic E-state index is 11.7. The van der Waals surface area contributed by atoms with E-state index in [1.54, 1.807) is 36.5 Å². The molecule has 1 aromatic carbocycles. The minimum absolute atomic E-state index is 0.0305. The van der Waals surface area contributed by atoms with Crippen LogP contribution in [-0.4, -0.2) is 22.7 Å². The zero-order valence-electron chi connectivity index (χ0n) is 10.9. The first kappa shape index (κ1) is 15.6. The third-order valence-electron chi connectivity index (χ3n) is 2.65. The molecular formula is C14H13Cl2N3O2. The Morgan fingerprint density at radius 3 is 2.62 bits per heavy atom. The summed E-state index contributed by atoms with van der Waals surface area (Å²) in [6, 6.07) is 7.74. The van der Waals surface area contributed by atoms with Gasteiger partial charge in [-0.15, -0.1) is 0 Å². The van der Waals surface area contributed by atoms with E-state index >= 15 is 0 Å². The number of anilines is 1. The number of urea groups is 1. The summed E-state index contributed by atoms with van der Waals surface area (Å²) in [5, 5.41) is 16.0. The van der Waals surface area contributed by atoms with Crippen molar-refractivity contribution in [2.75, 3.05) is 11.9 Å². The number of rotatable bonds is 4. The van der Waals surface area contributed by atoms with E-state index in [0.29, 0.717) is 21.3 Å². The smallest absolute Gasteiger partial charge is 0.319 e. The number of carbonyl (C=O) groups is 1. The van der Waals surface area contributed by atoms with Gasteiger partial charge in [-0.2, -0.15) is 0 Å². The van der Waals surface area contributed by atoms with Gasteiger partial charge in [0.1, 0.15) is 0 Å². The summed E-state index contributed by atoms with van der Waals surface area (Å²) in [6.45, 7) is 0.0305. The van der Waals surface area contributed by atoms with Crippen molar-refractivity contribution < 1.29 is 9.90 Å². The molecule has 1 unspecified atom stereocenters. The van der Waals surface area contributed by atoms with Crippen LogP contribution < -0.4 is 10.6 Å². The maximum atomic E-state index is 11.7. The lowest BCUT2D eigenvalue weighted by molar-refractivity contribution is 0.175. The summed E-state index contributed by atoms with van der Waals surface area (Å²) in [4.78, 5) is 15.5. The van der Waals surface area contributed by atoms with Crippen LogP contribution in [0.3, 0.4) is 0 Å². The van der Waals surface area contributed by atoms with E-state index < -0.39 is 12.1 Å². The monoisotopic (exact) mass is 325 g/mol. The first-order valence-corrected chi connectivity index (χ1v) is 6.89. The number of aliphatic hydroxyl groups excluding tert-OH is 1. The van der Waals surface area contributed by atoms with Crippen LogP contribution in [0.5, 0.6) is 0 Å². The van der Waals surface area contributed by atoms with Crippen molar-refractivity contribution in [1.82, 2.24) is 10.3 Å². The predicted molar refractivity (Wildman–Crippen MR) is 82.7 cm³/mol. The average Bonchev–Trinajstić information content (AvgIpc) is 2.45. The van der Waals surface area contributed by atoms with Crippen molar-refractivity contribution in [3.63, 3.8) is 0 Å². The number of aliphatic hydroxyl groups is 1. The predicted octanol–water partition coefficient (Wildman–Crippen LogP) is 3.24. The Morgan fingerprint density at radius 1 is 1.29 bits per heavy atom. The molecule has 2 rings (SSSR count). The standard InChI is InChI=1S/C14H13Cl2N3O2/c15-10-4-9(5-11(16)6-10)13(20)8-18-14(21)19-12-2-1-3-17-7-12/h1-7,13,20H,8H2,(H2,18,19,21). The average molecular weight is 326 g/mol. The van der Waals surface area contributed by atoms with Gasteiger partial charge in [0.25, 0.3) is 0 Å². The zero-order valence-corrected chi connectivity index (χ0v) is 12.4. The minimum atomic E-state index is -0.902. The van der Waals surface area contributed by atoms with Crippen LogP contribution in [0.1, 0.15) is 11.7 Å².